The van der Waals surface area contributed by atoms with E-state index in [0.29, 0.717) is 5.56 Å². The Balaban J connectivity index is 2.11. The molecule has 1 aromatic rings. The fourth-order valence-corrected chi connectivity index (χ4v) is 3.75. The average molecular weight is 358 g/mol. The zero-order chi connectivity index (χ0) is 15.8. The summed E-state index contributed by atoms with van der Waals surface area (Å²) in [5, 5.41) is 5.41. The van der Waals surface area contributed by atoms with Crippen LogP contribution in [0.15, 0.2) is 26.0 Å². The number of carbonyl (C=O) groups excluding carboxylic acids is 1. The van der Waals surface area contributed by atoms with Crippen molar-refractivity contribution in [2.75, 3.05) is 0 Å². The zero-order valence-corrected chi connectivity index (χ0v) is 14.4. The van der Waals surface area contributed by atoms with Gasteiger partial charge in [-0.25, -0.2) is 4.79 Å². The molecule has 0 unspecified atom stereocenters. The highest BCUT2D eigenvalue weighted by Gasteiger charge is 2.42. The van der Waals surface area contributed by atoms with E-state index in [0.717, 1.165) is 12.8 Å². The van der Waals surface area contributed by atoms with Crippen molar-refractivity contribution in [1.29, 1.82) is 0 Å². The first-order chi connectivity index (χ1) is 9.58. The number of hydrogen-bond donors (Lipinski definition) is 2. The van der Waals surface area contributed by atoms with Crippen molar-refractivity contribution in [3.63, 3.8) is 0 Å². The van der Waals surface area contributed by atoms with Crippen molar-refractivity contribution >= 4 is 21.8 Å². The highest BCUT2D eigenvalue weighted by Crippen LogP contribution is 2.22. The SMILES string of the molecule is CC1(C)CC(NC(=O)c2coc(=O)c(Br)c2)CC(C)(C)[NH2+]1. The van der Waals surface area contributed by atoms with Gasteiger partial charge in [-0.05, 0) is 49.7 Å². The van der Waals surface area contributed by atoms with Crippen LogP contribution >= 0.6 is 15.9 Å². The predicted octanol–water partition coefficient (Wildman–Crippen LogP) is 1.42. The number of rotatable bonds is 2. The van der Waals surface area contributed by atoms with Gasteiger partial charge in [0.1, 0.15) is 10.7 Å². The van der Waals surface area contributed by atoms with Crippen LogP contribution in [-0.4, -0.2) is 23.0 Å². The molecular formula is C15H22BrN2O3+. The molecule has 0 bridgehead atoms. The lowest BCUT2D eigenvalue weighted by molar-refractivity contribution is -0.787. The summed E-state index contributed by atoms with van der Waals surface area (Å²) < 4.78 is 5.07. The predicted molar refractivity (Wildman–Crippen MR) is 83.2 cm³/mol. The van der Waals surface area contributed by atoms with Crippen LogP contribution in [0.2, 0.25) is 0 Å². The van der Waals surface area contributed by atoms with E-state index < -0.39 is 5.63 Å². The normalized spacial score (nSPS) is 21.0. The molecule has 5 nitrogen and oxygen atoms in total. The van der Waals surface area contributed by atoms with Gasteiger partial charge in [-0.2, -0.15) is 0 Å². The molecule has 0 atom stereocenters. The Hall–Kier alpha value is -1.14. The second-order valence-corrected chi connectivity index (χ2v) is 8.03. The Morgan fingerprint density at radius 3 is 2.43 bits per heavy atom. The van der Waals surface area contributed by atoms with E-state index in [1.165, 1.54) is 12.3 Å². The summed E-state index contributed by atoms with van der Waals surface area (Å²) in [7, 11) is 0. The van der Waals surface area contributed by atoms with Crippen LogP contribution in [0.3, 0.4) is 0 Å². The molecule has 2 rings (SSSR count). The van der Waals surface area contributed by atoms with Gasteiger partial charge in [0.05, 0.1) is 16.6 Å². The molecule has 116 valence electrons. The van der Waals surface area contributed by atoms with E-state index >= 15 is 0 Å². The van der Waals surface area contributed by atoms with Gasteiger partial charge < -0.3 is 15.1 Å². The van der Waals surface area contributed by atoms with E-state index in [1.807, 2.05) is 0 Å². The maximum Gasteiger partial charge on any atom is 0.350 e. The van der Waals surface area contributed by atoms with Gasteiger partial charge in [0.25, 0.3) is 5.91 Å². The second kappa shape index (κ2) is 5.57. The molecule has 21 heavy (non-hydrogen) atoms. The van der Waals surface area contributed by atoms with E-state index in [4.69, 9.17) is 4.42 Å². The maximum absolute atomic E-state index is 12.3. The Morgan fingerprint density at radius 2 is 1.90 bits per heavy atom. The van der Waals surface area contributed by atoms with Gasteiger partial charge >= 0.3 is 5.63 Å². The average Bonchev–Trinajstić information content (AvgIpc) is 2.28. The molecular weight excluding hydrogens is 336 g/mol. The first-order valence-corrected chi connectivity index (χ1v) is 7.84. The molecule has 0 radical (unpaired) electrons. The standard InChI is InChI=1S/C15H21BrN2O3/c1-14(2)6-10(7-15(3,4)18-14)17-12(19)9-5-11(16)13(20)21-8-9/h5,8,10,18H,6-7H2,1-4H3,(H,17,19)/p+1. The Kier molecular flexibility index (Phi) is 4.31. The lowest BCUT2D eigenvalue weighted by Gasteiger charge is -2.43. The van der Waals surface area contributed by atoms with Gasteiger partial charge in [-0.15, -0.1) is 0 Å². The molecule has 1 aliphatic heterocycles. The number of hydrogen-bond acceptors (Lipinski definition) is 3. The molecule has 0 saturated carbocycles. The van der Waals surface area contributed by atoms with Crippen molar-refractivity contribution in [2.45, 2.75) is 57.7 Å². The third kappa shape index (κ3) is 4.17. The number of piperidine rings is 1. The lowest BCUT2D eigenvalue weighted by atomic mass is 9.79. The third-order valence-corrected chi connectivity index (χ3v) is 4.25. The van der Waals surface area contributed by atoms with E-state index in [2.05, 4.69) is 54.3 Å². The first-order valence-electron chi connectivity index (χ1n) is 7.04. The number of carbonyl (C=O) groups is 1. The van der Waals surface area contributed by atoms with Crippen LogP contribution in [0.1, 0.15) is 50.9 Å². The minimum Gasteiger partial charge on any atom is -0.430 e. The Bertz CT molecular complexity index is 591. The second-order valence-electron chi connectivity index (χ2n) is 7.17. The monoisotopic (exact) mass is 357 g/mol. The molecule has 1 aromatic heterocycles. The summed E-state index contributed by atoms with van der Waals surface area (Å²) in [6.45, 7) is 8.74. The molecule has 0 aliphatic carbocycles. The van der Waals surface area contributed by atoms with Crippen LogP contribution in [0, 0.1) is 0 Å². The van der Waals surface area contributed by atoms with E-state index in [-0.39, 0.29) is 27.5 Å². The Labute approximate surface area is 132 Å². The van der Waals surface area contributed by atoms with Crippen LogP contribution in [0.4, 0.5) is 0 Å². The van der Waals surface area contributed by atoms with Gasteiger partial charge in [-0.3, -0.25) is 4.79 Å². The molecule has 2 heterocycles. The summed E-state index contributed by atoms with van der Waals surface area (Å²) in [6.07, 6.45) is 3.01. The van der Waals surface area contributed by atoms with Crippen LogP contribution in [0.25, 0.3) is 0 Å². The Morgan fingerprint density at radius 1 is 1.33 bits per heavy atom. The summed E-state index contributed by atoms with van der Waals surface area (Å²) >= 11 is 3.08. The number of nitrogens with two attached hydrogens (primary N) is 1. The number of quaternary nitrogens is 1. The summed E-state index contributed by atoms with van der Waals surface area (Å²) in [6, 6.07) is 1.60. The van der Waals surface area contributed by atoms with Gasteiger partial charge in [0.2, 0.25) is 0 Å². The smallest absolute Gasteiger partial charge is 0.350 e. The zero-order valence-electron chi connectivity index (χ0n) is 12.8. The van der Waals surface area contributed by atoms with E-state index in [9.17, 15) is 9.59 Å². The van der Waals surface area contributed by atoms with Crippen molar-refractivity contribution in [3.8, 4) is 0 Å². The summed E-state index contributed by atoms with van der Waals surface area (Å²) in [5.74, 6) is -0.210. The molecule has 3 N–H and O–H groups in total. The molecule has 0 aromatic carbocycles. The largest absolute Gasteiger partial charge is 0.430 e. The number of amides is 1. The molecule has 1 fully saturated rings. The van der Waals surface area contributed by atoms with Crippen LogP contribution in [-0.2, 0) is 0 Å². The molecule has 6 heteroatoms. The van der Waals surface area contributed by atoms with Crippen molar-refractivity contribution in [1.82, 2.24) is 5.32 Å². The highest BCUT2D eigenvalue weighted by molar-refractivity contribution is 9.10. The molecule has 1 saturated heterocycles. The van der Waals surface area contributed by atoms with E-state index in [1.54, 1.807) is 0 Å². The molecule has 1 amide bonds. The maximum atomic E-state index is 12.3. The fraction of sp³-hybridized carbons (Fsp3) is 0.600. The molecule has 0 spiro atoms. The summed E-state index contributed by atoms with van der Waals surface area (Å²) in [5.41, 5.74) is 0.0419. The minimum atomic E-state index is -0.485. The lowest BCUT2D eigenvalue weighted by Crippen LogP contribution is -3.06. The van der Waals surface area contributed by atoms with Crippen LogP contribution < -0.4 is 16.3 Å². The summed E-state index contributed by atoms with van der Waals surface area (Å²) in [4.78, 5) is 23.5. The minimum absolute atomic E-state index is 0.0868. The van der Waals surface area contributed by atoms with Crippen molar-refractivity contribution in [3.05, 3.63) is 32.8 Å². The van der Waals surface area contributed by atoms with Crippen molar-refractivity contribution in [2.24, 2.45) is 0 Å². The topological polar surface area (TPSA) is 75.9 Å². The first kappa shape index (κ1) is 16.2. The molecule has 1 aliphatic rings. The highest BCUT2D eigenvalue weighted by atomic mass is 79.9. The number of nitrogens with one attached hydrogen (secondary N) is 1. The third-order valence-electron chi connectivity index (χ3n) is 3.69. The van der Waals surface area contributed by atoms with Crippen molar-refractivity contribution < 1.29 is 14.5 Å². The van der Waals surface area contributed by atoms with Gasteiger partial charge in [-0.1, -0.05) is 0 Å². The van der Waals surface area contributed by atoms with Gasteiger partial charge in [0, 0.05) is 18.9 Å². The fourth-order valence-electron chi connectivity index (χ4n) is 3.41. The van der Waals surface area contributed by atoms with Crippen LogP contribution in [0.5, 0.6) is 0 Å². The van der Waals surface area contributed by atoms with Gasteiger partial charge in [0.15, 0.2) is 0 Å². The number of halogens is 1. The quantitative estimate of drug-likeness (QED) is 0.840.